The van der Waals surface area contributed by atoms with Crippen LogP contribution in [0.2, 0.25) is 0 Å². The van der Waals surface area contributed by atoms with Gasteiger partial charge in [0.2, 0.25) is 0 Å². The van der Waals surface area contributed by atoms with E-state index in [2.05, 4.69) is 4.98 Å². The molecule has 0 aliphatic rings. The second-order valence-electron chi connectivity index (χ2n) is 4.23. The van der Waals surface area contributed by atoms with Gasteiger partial charge in [0.15, 0.2) is 0 Å². The van der Waals surface area contributed by atoms with Gasteiger partial charge in [-0.2, -0.15) is 11.3 Å². The van der Waals surface area contributed by atoms with E-state index in [1.54, 1.807) is 10.6 Å². The molecular weight excluding hydrogens is 280 g/mol. The maximum atomic E-state index is 12.6. The number of thiophene rings is 1. The fourth-order valence-electron chi connectivity index (χ4n) is 2.05. The number of hydrogen-bond acceptors (Lipinski definition) is 3. The number of halogens is 1. The molecule has 0 spiro atoms. The number of alkyl halides is 1. The summed E-state index contributed by atoms with van der Waals surface area (Å²) < 4.78 is 1.59. The van der Waals surface area contributed by atoms with Crippen molar-refractivity contribution in [2.45, 2.75) is 12.3 Å². The van der Waals surface area contributed by atoms with Crippen LogP contribution in [0.3, 0.4) is 0 Å². The lowest BCUT2D eigenvalue weighted by Crippen LogP contribution is -2.23. The molecule has 96 valence electrons. The normalized spacial score (nSPS) is 12.7. The zero-order valence-corrected chi connectivity index (χ0v) is 11.8. The molecule has 2 heterocycles. The van der Waals surface area contributed by atoms with Gasteiger partial charge in [-0.1, -0.05) is 12.1 Å². The van der Waals surface area contributed by atoms with Crippen LogP contribution in [0, 0.1) is 0 Å². The van der Waals surface area contributed by atoms with E-state index in [1.165, 1.54) is 11.3 Å². The maximum Gasteiger partial charge on any atom is 0.266 e. The summed E-state index contributed by atoms with van der Waals surface area (Å²) in [5.74, 6) is 0.573. The van der Waals surface area contributed by atoms with E-state index in [0.29, 0.717) is 16.7 Å². The maximum absolute atomic E-state index is 12.6. The summed E-state index contributed by atoms with van der Waals surface area (Å²) in [5.41, 5.74) is 1.42. The predicted molar refractivity (Wildman–Crippen MR) is 79.5 cm³/mol. The zero-order chi connectivity index (χ0) is 13.4. The monoisotopic (exact) mass is 290 g/mol. The number of benzene rings is 1. The van der Waals surface area contributed by atoms with Crippen molar-refractivity contribution in [3.8, 4) is 5.69 Å². The SMILES string of the molecule is CC(Cl)c1nc2ccccc2c(=O)n1-c1ccsc1. The first kappa shape index (κ1) is 12.4. The molecule has 3 nitrogen and oxygen atoms in total. The van der Waals surface area contributed by atoms with Gasteiger partial charge in [-0.25, -0.2) is 4.98 Å². The van der Waals surface area contributed by atoms with Crippen LogP contribution >= 0.6 is 22.9 Å². The second kappa shape index (κ2) is 4.79. The molecule has 0 amide bonds. The molecular formula is C14H11ClN2OS. The Bertz CT molecular complexity index is 778. The molecule has 0 saturated heterocycles. The molecule has 1 atom stereocenters. The summed E-state index contributed by atoms with van der Waals surface area (Å²) in [6.45, 7) is 1.82. The molecule has 0 aliphatic carbocycles. The van der Waals surface area contributed by atoms with Crippen molar-refractivity contribution in [3.05, 3.63) is 57.3 Å². The molecule has 1 aromatic carbocycles. The average Bonchev–Trinajstić information content (AvgIpc) is 2.92. The number of nitrogens with zero attached hydrogens (tertiary/aromatic N) is 2. The van der Waals surface area contributed by atoms with E-state index >= 15 is 0 Å². The fraction of sp³-hybridized carbons (Fsp3) is 0.143. The van der Waals surface area contributed by atoms with Crippen LogP contribution in [0.5, 0.6) is 0 Å². The minimum absolute atomic E-state index is 0.0773. The van der Waals surface area contributed by atoms with Crippen molar-refractivity contribution in [1.29, 1.82) is 0 Å². The van der Waals surface area contributed by atoms with Crippen LogP contribution in [0.1, 0.15) is 18.1 Å². The van der Waals surface area contributed by atoms with E-state index in [4.69, 9.17) is 11.6 Å². The minimum atomic E-state index is -0.336. The molecule has 0 saturated carbocycles. The van der Waals surface area contributed by atoms with Gasteiger partial charge in [-0.15, -0.1) is 11.6 Å². The van der Waals surface area contributed by atoms with E-state index in [-0.39, 0.29) is 10.9 Å². The van der Waals surface area contributed by atoms with Crippen molar-refractivity contribution in [2.75, 3.05) is 0 Å². The molecule has 0 fully saturated rings. The summed E-state index contributed by atoms with van der Waals surface area (Å²) in [7, 11) is 0. The molecule has 2 aromatic heterocycles. The van der Waals surface area contributed by atoms with Crippen LogP contribution < -0.4 is 5.56 Å². The van der Waals surface area contributed by atoms with Crippen molar-refractivity contribution >= 4 is 33.8 Å². The third kappa shape index (κ3) is 2.07. The summed E-state index contributed by atoms with van der Waals surface area (Å²) in [6, 6.07) is 9.22. The van der Waals surface area contributed by atoms with Gasteiger partial charge in [-0.3, -0.25) is 9.36 Å². The van der Waals surface area contributed by atoms with Crippen molar-refractivity contribution in [1.82, 2.24) is 9.55 Å². The van der Waals surface area contributed by atoms with Crippen LogP contribution in [-0.4, -0.2) is 9.55 Å². The number of para-hydroxylation sites is 1. The first-order chi connectivity index (χ1) is 9.18. The van der Waals surface area contributed by atoms with E-state index < -0.39 is 0 Å². The average molecular weight is 291 g/mol. The molecule has 19 heavy (non-hydrogen) atoms. The van der Waals surface area contributed by atoms with Gasteiger partial charge in [0.05, 0.1) is 22.0 Å². The van der Waals surface area contributed by atoms with Gasteiger partial charge >= 0.3 is 0 Å². The van der Waals surface area contributed by atoms with Crippen molar-refractivity contribution < 1.29 is 0 Å². The molecule has 3 aromatic rings. The molecule has 0 bridgehead atoms. The summed E-state index contributed by atoms with van der Waals surface area (Å²) >= 11 is 7.72. The lowest BCUT2D eigenvalue weighted by atomic mass is 10.2. The van der Waals surface area contributed by atoms with Crippen molar-refractivity contribution in [3.63, 3.8) is 0 Å². The van der Waals surface area contributed by atoms with Crippen molar-refractivity contribution in [2.24, 2.45) is 0 Å². The highest BCUT2D eigenvalue weighted by atomic mass is 35.5. The molecule has 0 aliphatic heterocycles. The Morgan fingerprint density at radius 2 is 2.11 bits per heavy atom. The highest BCUT2D eigenvalue weighted by Gasteiger charge is 2.16. The Labute approximate surface area is 119 Å². The Morgan fingerprint density at radius 1 is 1.32 bits per heavy atom. The molecule has 1 unspecified atom stereocenters. The van der Waals surface area contributed by atoms with Crippen LogP contribution in [0.25, 0.3) is 16.6 Å². The van der Waals surface area contributed by atoms with Crippen LogP contribution in [-0.2, 0) is 0 Å². The topological polar surface area (TPSA) is 34.9 Å². The van der Waals surface area contributed by atoms with Gasteiger partial charge in [0.25, 0.3) is 5.56 Å². The number of fused-ring (bicyclic) bond motifs is 1. The minimum Gasteiger partial charge on any atom is -0.268 e. The Morgan fingerprint density at radius 3 is 2.79 bits per heavy atom. The fourth-order valence-corrected chi connectivity index (χ4v) is 2.82. The molecule has 0 radical (unpaired) electrons. The second-order valence-corrected chi connectivity index (χ2v) is 5.66. The smallest absolute Gasteiger partial charge is 0.266 e. The predicted octanol–water partition coefficient (Wildman–Crippen LogP) is 3.75. The first-order valence-electron chi connectivity index (χ1n) is 5.87. The van der Waals surface area contributed by atoms with E-state index in [1.807, 2.05) is 41.9 Å². The Hall–Kier alpha value is -1.65. The number of rotatable bonds is 2. The quantitative estimate of drug-likeness (QED) is 0.674. The summed E-state index contributed by atoms with van der Waals surface area (Å²) in [4.78, 5) is 17.1. The third-order valence-electron chi connectivity index (χ3n) is 2.92. The van der Waals surface area contributed by atoms with Crippen LogP contribution in [0.4, 0.5) is 0 Å². The van der Waals surface area contributed by atoms with Crippen LogP contribution in [0.15, 0.2) is 45.9 Å². The molecule has 0 N–H and O–H groups in total. The van der Waals surface area contributed by atoms with Gasteiger partial charge < -0.3 is 0 Å². The third-order valence-corrected chi connectivity index (χ3v) is 3.79. The highest BCUT2D eigenvalue weighted by Crippen LogP contribution is 2.22. The van der Waals surface area contributed by atoms with E-state index in [9.17, 15) is 4.79 Å². The highest BCUT2D eigenvalue weighted by molar-refractivity contribution is 7.08. The zero-order valence-electron chi connectivity index (χ0n) is 10.2. The lowest BCUT2D eigenvalue weighted by molar-refractivity contribution is 0.817. The lowest BCUT2D eigenvalue weighted by Gasteiger charge is -2.13. The summed E-state index contributed by atoms with van der Waals surface area (Å²) in [6.07, 6.45) is 0. The number of hydrogen-bond donors (Lipinski definition) is 0. The van der Waals surface area contributed by atoms with Gasteiger partial charge in [-0.05, 0) is 30.5 Å². The first-order valence-corrected chi connectivity index (χ1v) is 7.25. The number of aromatic nitrogens is 2. The Kier molecular flexibility index (Phi) is 3.12. The van der Waals surface area contributed by atoms with Gasteiger partial charge in [0, 0.05) is 5.38 Å². The van der Waals surface area contributed by atoms with Gasteiger partial charge in [0.1, 0.15) is 5.82 Å². The van der Waals surface area contributed by atoms with E-state index in [0.717, 1.165) is 5.69 Å². The molecule has 3 rings (SSSR count). The Balaban J connectivity index is 2.44. The summed E-state index contributed by atoms with van der Waals surface area (Å²) in [5, 5.41) is 4.12. The largest absolute Gasteiger partial charge is 0.268 e. The molecule has 5 heteroatoms. The standard InChI is InChI=1S/C14H11ClN2OS/c1-9(15)13-16-12-5-3-2-4-11(12)14(18)17(13)10-6-7-19-8-10/h2-9H,1H3.